The first kappa shape index (κ1) is 14.9. The fourth-order valence-corrected chi connectivity index (χ4v) is 3.63. The summed E-state index contributed by atoms with van der Waals surface area (Å²) in [5, 5.41) is 0.643. The van der Waals surface area contributed by atoms with Crippen molar-refractivity contribution < 1.29 is 8.42 Å². The first-order valence-electron chi connectivity index (χ1n) is 6.40. The summed E-state index contributed by atoms with van der Waals surface area (Å²) in [4.78, 5) is 4.54. The molecule has 0 saturated heterocycles. The second-order valence-corrected chi connectivity index (χ2v) is 7.06. The number of nitrogens with zero attached hydrogens (tertiary/aromatic N) is 2. The van der Waals surface area contributed by atoms with Crippen LogP contribution < -0.4 is 5.73 Å². The SMILES string of the molecule is Cc1ccc(S(=O)(=O)N(C)CC(C)N)c2cccnc12. The second-order valence-electron chi connectivity index (χ2n) is 5.04. The Kier molecular flexibility index (Phi) is 4.08. The third kappa shape index (κ3) is 2.67. The standard InChI is InChI=1S/C14H19N3O2S/c1-10-6-7-13(12-5-4-8-16-14(10)12)20(18,19)17(3)9-11(2)15/h4-8,11H,9,15H2,1-3H3. The van der Waals surface area contributed by atoms with Crippen molar-refractivity contribution in [3.8, 4) is 0 Å². The quantitative estimate of drug-likeness (QED) is 0.927. The average molecular weight is 293 g/mol. The van der Waals surface area contributed by atoms with Crippen LogP contribution in [0.3, 0.4) is 0 Å². The summed E-state index contributed by atoms with van der Waals surface area (Å²) in [6, 6.07) is 6.72. The molecule has 0 aliphatic carbocycles. The van der Waals surface area contributed by atoms with Crippen molar-refractivity contribution in [1.82, 2.24) is 9.29 Å². The zero-order valence-electron chi connectivity index (χ0n) is 11.9. The lowest BCUT2D eigenvalue weighted by atomic mass is 10.1. The third-order valence-electron chi connectivity index (χ3n) is 3.16. The molecule has 0 amide bonds. The number of pyridine rings is 1. The number of likely N-dealkylation sites (N-methyl/N-ethyl adjacent to an activating group) is 1. The predicted octanol–water partition coefficient (Wildman–Crippen LogP) is 1.51. The molecule has 108 valence electrons. The van der Waals surface area contributed by atoms with Crippen LogP contribution in [0.4, 0.5) is 0 Å². The maximum absolute atomic E-state index is 12.6. The number of aryl methyl sites for hydroxylation is 1. The van der Waals surface area contributed by atoms with Crippen LogP contribution in [0.25, 0.3) is 10.9 Å². The number of aromatic nitrogens is 1. The minimum atomic E-state index is -3.56. The molecule has 0 bridgehead atoms. The van der Waals surface area contributed by atoms with Crippen molar-refractivity contribution in [3.05, 3.63) is 36.0 Å². The molecular weight excluding hydrogens is 274 g/mol. The van der Waals surface area contributed by atoms with Gasteiger partial charge in [-0.15, -0.1) is 0 Å². The van der Waals surface area contributed by atoms with Gasteiger partial charge >= 0.3 is 0 Å². The van der Waals surface area contributed by atoms with Gasteiger partial charge in [0, 0.05) is 31.2 Å². The van der Waals surface area contributed by atoms with Crippen molar-refractivity contribution in [2.45, 2.75) is 24.8 Å². The van der Waals surface area contributed by atoms with E-state index in [0.717, 1.165) is 5.56 Å². The van der Waals surface area contributed by atoms with Gasteiger partial charge in [-0.05, 0) is 37.6 Å². The minimum absolute atomic E-state index is 0.218. The number of hydrogen-bond acceptors (Lipinski definition) is 4. The normalized spacial score (nSPS) is 13.8. The first-order valence-corrected chi connectivity index (χ1v) is 7.84. The highest BCUT2D eigenvalue weighted by Gasteiger charge is 2.24. The summed E-state index contributed by atoms with van der Waals surface area (Å²) in [5.41, 5.74) is 7.35. The molecule has 2 N–H and O–H groups in total. The van der Waals surface area contributed by atoms with E-state index in [1.54, 1.807) is 44.4 Å². The van der Waals surface area contributed by atoms with Crippen LogP contribution in [0.15, 0.2) is 35.4 Å². The fraction of sp³-hybridized carbons (Fsp3) is 0.357. The van der Waals surface area contributed by atoms with E-state index in [2.05, 4.69) is 4.98 Å². The lowest BCUT2D eigenvalue weighted by Crippen LogP contribution is -2.37. The van der Waals surface area contributed by atoms with E-state index in [0.29, 0.717) is 10.9 Å². The summed E-state index contributed by atoms with van der Waals surface area (Å²) in [7, 11) is -2.02. The molecule has 0 fully saturated rings. The van der Waals surface area contributed by atoms with E-state index in [1.165, 1.54) is 4.31 Å². The van der Waals surface area contributed by atoms with Crippen molar-refractivity contribution in [1.29, 1.82) is 0 Å². The smallest absolute Gasteiger partial charge is 0.243 e. The molecule has 0 saturated carbocycles. The zero-order valence-corrected chi connectivity index (χ0v) is 12.7. The number of fused-ring (bicyclic) bond motifs is 1. The molecule has 1 heterocycles. The first-order chi connectivity index (χ1) is 9.34. The average Bonchev–Trinajstić information content (AvgIpc) is 2.38. The van der Waals surface area contributed by atoms with Gasteiger partial charge in [0.25, 0.3) is 0 Å². The lowest BCUT2D eigenvalue weighted by molar-refractivity contribution is 0.446. The third-order valence-corrected chi connectivity index (χ3v) is 5.05. The van der Waals surface area contributed by atoms with Crippen molar-refractivity contribution in [3.63, 3.8) is 0 Å². The van der Waals surface area contributed by atoms with Gasteiger partial charge in [0.15, 0.2) is 0 Å². The van der Waals surface area contributed by atoms with Gasteiger partial charge in [0.1, 0.15) is 0 Å². The fourth-order valence-electron chi connectivity index (χ4n) is 2.18. The lowest BCUT2D eigenvalue weighted by Gasteiger charge is -2.20. The molecular formula is C14H19N3O2S. The Hall–Kier alpha value is -1.50. The van der Waals surface area contributed by atoms with Crippen LogP contribution in [-0.4, -0.2) is 37.3 Å². The van der Waals surface area contributed by atoms with Crippen molar-refractivity contribution in [2.75, 3.05) is 13.6 Å². The highest BCUT2D eigenvalue weighted by molar-refractivity contribution is 7.89. The molecule has 1 unspecified atom stereocenters. The van der Waals surface area contributed by atoms with Gasteiger partial charge in [-0.25, -0.2) is 8.42 Å². The number of sulfonamides is 1. The van der Waals surface area contributed by atoms with Gasteiger partial charge in [-0.3, -0.25) is 4.98 Å². The number of benzene rings is 1. The van der Waals surface area contributed by atoms with E-state index >= 15 is 0 Å². The zero-order chi connectivity index (χ0) is 14.9. The maximum Gasteiger partial charge on any atom is 0.243 e. The molecule has 1 aromatic carbocycles. The van der Waals surface area contributed by atoms with Gasteiger partial charge < -0.3 is 5.73 Å². The molecule has 6 heteroatoms. The Balaban J connectivity index is 2.61. The summed E-state index contributed by atoms with van der Waals surface area (Å²) in [6.07, 6.45) is 1.66. The van der Waals surface area contributed by atoms with Crippen molar-refractivity contribution in [2.24, 2.45) is 5.73 Å². The van der Waals surface area contributed by atoms with Crippen LogP contribution in [0.1, 0.15) is 12.5 Å². The van der Waals surface area contributed by atoms with Crippen LogP contribution in [0, 0.1) is 6.92 Å². The number of nitrogens with two attached hydrogens (primary N) is 1. The van der Waals surface area contributed by atoms with Gasteiger partial charge in [0.2, 0.25) is 10.0 Å². The van der Waals surface area contributed by atoms with Crippen LogP contribution >= 0.6 is 0 Å². The summed E-state index contributed by atoms with van der Waals surface area (Å²) in [6.45, 7) is 3.97. The van der Waals surface area contributed by atoms with E-state index in [4.69, 9.17) is 5.73 Å². The molecule has 0 aliphatic rings. The summed E-state index contributed by atoms with van der Waals surface area (Å²) < 4.78 is 26.6. The highest BCUT2D eigenvalue weighted by atomic mass is 32.2. The second kappa shape index (κ2) is 5.47. The number of hydrogen-bond donors (Lipinski definition) is 1. The Morgan fingerprint density at radius 1 is 1.35 bits per heavy atom. The Morgan fingerprint density at radius 3 is 2.70 bits per heavy atom. The van der Waals surface area contributed by atoms with Crippen LogP contribution in [0.5, 0.6) is 0 Å². The Morgan fingerprint density at radius 2 is 2.05 bits per heavy atom. The van der Waals surface area contributed by atoms with Crippen molar-refractivity contribution >= 4 is 20.9 Å². The molecule has 2 rings (SSSR count). The number of rotatable bonds is 4. The largest absolute Gasteiger partial charge is 0.327 e. The topological polar surface area (TPSA) is 76.3 Å². The Labute approximate surface area is 119 Å². The molecule has 0 spiro atoms. The minimum Gasteiger partial charge on any atom is -0.327 e. The van der Waals surface area contributed by atoms with E-state index in [9.17, 15) is 8.42 Å². The Bertz CT molecular complexity index is 726. The molecule has 2 aromatic rings. The summed E-state index contributed by atoms with van der Waals surface area (Å²) in [5.74, 6) is 0. The molecule has 0 aliphatic heterocycles. The van der Waals surface area contributed by atoms with Gasteiger partial charge in [-0.2, -0.15) is 4.31 Å². The monoisotopic (exact) mass is 293 g/mol. The highest BCUT2D eigenvalue weighted by Crippen LogP contribution is 2.26. The van der Waals surface area contributed by atoms with Crippen LogP contribution in [0.2, 0.25) is 0 Å². The molecule has 1 aromatic heterocycles. The maximum atomic E-state index is 12.6. The summed E-state index contributed by atoms with van der Waals surface area (Å²) >= 11 is 0. The molecule has 20 heavy (non-hydrogen) atoms. The molecule has 0 radical (unpaired) electrons. The van der Waals surface area contributed by atoms with E-state index in [-0.39, 0.29) is 17.5 Å². The van der Waals surface area contributed by atoms with Gasteiger partial charge in [-0.1, -0.05) is 6.07 Å². The molecule has 5 nitrogen and oxygen atoms in total. The van der Waals surface area contributed by atoms with E-state index < -0.39 is 10.0 Å². The van der Waals surface area contributed by atoms with E-state index in [1.807, 2.05) is 6.92 Å². The molecule has 1 atom stereocenters. The van der Waals surface area contributed by atoms with Crippen LogP contribution in [-0.2, 0) is 10.0 Å². The van der Waals surface area contributed by atoms with Gasteiger partial charge in [0.05, 0.1) is 10.4 Å². The predicted molar refractivity (Wildman–Crippen MR) is 79.9 cm³/mol.